The molecule has 0 saturated carbocycles. The van der Waals surface area contributed by atoms with Crippen LogP contribution in [0.4, 0.5) is 0 Å². The van der Waals surface area contributed by atoms with Crippen molar-refractivity contribution >= 4 is 5.97 Å². The van der Waals surface area contributed by atoms with Crippen LogP contribution in [0.25, 0.3) is 0 Å². The van der Waals surface area contributed by atoms with Crippen LogP contribution in [-0.2, 0) is 12.8 Å². The number of carbonyl (C=O) groups is 1. The van der Waals surface area contributed by atoms with E-state index in [1.165, 1.54) is 0 Å². The summed E-state index contributed by atoms with van der Waals surface area (Å²) in [6.07, 6.45) is 2.90. The standard InChI is InChI=1S/C13H17NO3/c1-8(2)7-17-12-10(13(15)16)6-9-4-3-5-11(9)14-12/h6,8H,3-5,7H2,1-2H3,(H,15,16). The lowest BCUT2D eigenvalue weighted by molar-refractivity contribution is 0.0690. The number of rotatable bonds is 4. The van der Waals surface area contributed by atoms with Gasteiger partial charge in [0.2, 0.25) is 5.88 Å². The maximum atomic E-state index is 11.1. The number of carboxylic acid groups (broad SMARTS) is 1. The van der Waals surface area contributed by atoms with Crippen molar-refractivity contribution in [2.45, 2.75) is 33.1 Å². The predicted octanol–water partition coefficient (Wildman–Crippen LogP) is 2.30. The van der Waals surface area contributed by atoms with Gasteiger partial charge < -0.3 is 9.84 Å². The molecule has 0 amide bonds. The van der Waals surface area contributed by atoms with Crippen molar-refractivity contribution < 1.29 is 14.6 Å². The number of aromatic carboxylic acids is 1. The van der Waals surface area contributed by atoms with Crippen molar-refractivity contribution in [1.29, 1.82) is 0 Å². The van der Waals surface area contributed by atoms with E-state index in [9.17, 15) is 4.79 Å². The van der Waals surface area contributed by atoms with Crippen LogP contribution < -0.4 is 4.74 Å². The number of aryl methyl sites for hydroxylation is 2. The van der Waals surface area contributed by atoms with E-state index in [4.69, 9.17) is 9.84 Å². The maximum absolute atomic E-state index is 11.1. The molecule has 0 spiro atoms. The van der Waals surface area contributed by atoms with E-state index in [1.54, 1.807) is 6.07 Å². The zero-order valence-corrected chi connectivity index (χ0v) is 10.2. The molecular formula is C13H17NO3. The fourth-order valence-corrected chi connectivity index (χ4v) is 1.96. The normalized spacial score (nSPS) is 13.8. The van der Waals surface area contributed by atoms with Crippen molar-refractivity contribution in [2.24, 2.45) is 5.92 Å². The Kier molecular flexibility index (Phi) is 3.31. The fraction of sp³-hybridized carbons (Fsp3) is 0.538. The first-order valence-electron chi connectivity index (χ1n) is 5.97. The molecule has 0 atom stereocenters. The van der Waals surface area contributed by atoms with Gasteiger partial charge in [0.05, 0.1) is 6.61 Å². The molecule has 0 unspecified atom stereocenters. The Hall–Kier alpha value is -1.58. The molecule has 17 heavy (non-hydrogen) atoms. The molecule has 0 bridgehead atoms. The number of fused-ring (bicyclic) bond motifs is 1. The first-order valence-corrected chi connectivity index (χ1v) is 5.97. The Balaban J connectivity index is 2.31. The topological polar surface area (TPSA) is 59.4 Å². The van der Waals surface area contributed by atoms with E-state index in [0.29, 0.717) is 12.5 Å². The molecule has 4 nitrogen and oxygen atoms in total. The Bertz CT molecular complexity index is 441. The Labute approximate surface area is 101 Å². The monoisotopic (exact) mass is 235 g/mol. The molecule has 4 heteroatoms. The average molecular weight is 235 g/mol. The molecular weight excluding hydrogens is 218 g/mol. The highest BCUT2D eigenvalue weighted by atomic mass is 16.5. The molecule has 1 aromatic heterocycles. The largest absolute Gasteiger partial charge is 0.477 e. The third kappa shape index (κ3) is 2.57. The molecule has 0 saturated heterocycles. The van der Waals surface area contributed by atoms with Gasteiger partial charge in [0.25, 0.3) is 0 Å². The van der Waals surface area contributed by atoms with Gasteiger partial charge in [-0.05, 0) is 36.8 Å². The van der Waals surface area contributed by atoms with Crippen LogP contribution in [-0.4, -0.2) is 22.7 Å². The van der Waals surface area contributed by atoms with Gasteiger partial charge in [-0.25, -0.2) is 9.78 Å². The molecule has 1 aliphatic rings. The van der Waals surface area contributed by atoms with Crippen molar-refractivity contribution in [3.05, 3.63) is 22.9 Å². The molecule has 92 valence electrons. The summed E-state index contributed by atoms with van der Waals surface area (Å²) in [6.45, 7) is 4.54. The van der Waals surface area contributed by atoms with Gasteiger partial charge in [-0.3, -0.25) is 0 Å². The van der Waals surface area contributed by atoms with Crippen LogP contribution in [0, 0.1) is 5.92 Å². The molecule has 2 rings (SSSR count). The summed E-state index contributed by atoms with van der Waals surface area (Å²) in [7, 11) is 0. The number of carboxylic acids is 1. The third-order valence-corrected chi connectivity index (χ3v) is 2.80. The highest BCUT2D eigenvalue weighted by Crippen LogP contribution is 2.26. The summed E-state index contributed by atoms with van der Waals surface area (Å²) < 4.78 is 5.49. The lowest BCUT2D eigenvalue weighted by Gasteiger charge is -2.11. The smallest absolute Gasteiger partial charge is 0.341 e. The number of hydrogen-bond donors (Lipinski definition) is 1. The van der Waals surface area contributed by atoms with Crippen LogP contribution in [0.15, 0.2) is 6.07 Å². The quantitative estimate of drug-likeness (QED) is 0.870. The molecule has 0 aliphatic heterocycles. The minimum atomic E-state index is -0.967. The minimum Gasteiger partial charge on any atom is -0.477 e. The zero-order valence-electron chi connectivity index (χ0n) is 10.2. The second-order valence-corrected chi connectivity index (χ2v) is 4.81. The van der Waals surface area contributed by atoms with Crippen molar-refractivity contribution in [2.75, 3.05) is 6.61 Å². The van der Waals surface area contributed by atoms with E-state index in [1.807, 2.05) is 13.8 Å². The lowest BCUT2D eigenvalue weighted by atomic mass is 10.1. The second kappa shape index (κ2) is 4.73. The molecule has 1 aromatic rings. The predicted molar refractivity (Wildman–Crippen MR) is 63.6 cm³/mol. The molecule has 1 N–H and O–H groups in total. The SMILES string of the molecule is CC(C)COc1nc2c(cc1C(=O)O)CCC2. The van der Waals surface area contributed by atoms with Gasteiger partial charge in [-0.2, -0.15) is 0 Å². The maximum Gasteiger partial charge on any atom is 0.341 e. The molecule has 0 radical (unpaired) electrons. The average Bonchev–Trinajstić information content (AvgIpc) is 2.71. The van der Waals surface area contributed by atoms with Crippen molar-refractivity contribution in [3.63, 3.8) is 0 Å². The van der Waals surface area contributed by atoms with Gasteiger partial charge in [0.15, 0.2) is 0 Å². The molecule has 0 fully saturated rings. The van der Waals surface area contributed by atoms with Gasteiger partial charge >= 0.3 is 5.97 Å². The van der Waals surface area contributed by atoms with Crippen LogP contribution in [0.2, 0.25) is 0 Å². The first kappa shape index (κ1) is 11.9. The minimum absolute atomic E-state index is 0.186. The van der Waals surface area contributed by atoms with E-state index in [2.05, 4.69) is 4.98 Å². The van der Waals surface area contributed by atoms with E-state index < -0.39 is 5.97 Å². The van der Waals surface area contributed by atoms with Crippen LogP contribution in [0.1, 0.15) is 41.9 Å². The number of aromatic nitrogens is 1. The van der Waals surface area contributed by atoms with E-state index >= 15 is 0 Å². The molecule has 1 aliphatic carbocycles. The van der Waals surface area contributed by atoms with Gasteiger partial charge in [0, 0.05) is 5.69 Å². The van der Waals surface area contributed by atoms with Crippen molar-refractivity contribution in [3.8, 4) is 5.88 Å². The van der Waals surface area contributed by atoms with Crippen LogP contribution in [0.3, 0.4) is 0 Å². The zero-order chi connectivity index (χ0) is 12.4. The van der Waals surface area contributed by atoms with E-state index in [-0.39, 0.29) is 11.4 Å². The van der Waals surface area contributed by atoms with Gasteiger partial charge in [0.1, 0.15) is 5.56 Å². The summed E-state index contributed by atoms with van der Waals surface area (Å²) in [5, 5.41) is 9.14. The Morgan fingerprint density at radius 3 is 2.94 bits per heavy atom. The number of hydrogen-bond acceptors (Lipinski definition) is 3. The highest BCUT2D eigenvalue weighted by Gasteiger charge is 2.20. The summed E-state index contributed by atoms with van der Waals surface area (Å²) in [6, 6.07) is 1.72. The molecule has 1 heterocycles. The van der Waals surface area contributed by atoms with E-state index in [0.717, 1.165) is 30.5 Å². The van der Waals surface area contributed by atoms with Crippen LogP contribution >= 0.6 is 0 Å². The molecule has 0 aromatic carbocycles. The fourth-order valence-electron chi connectivity index (χ4n) is 1.96. The number of nitrogens with zero attached hydrogens (tertiary/aromatic N) is 1. The summed E-state index contributed by atoms with van der Waals surface area (Å²) in [5.41, 5.74) is 2.24. The summed E-state index contributed by atoms with van der Waals surface area (Å²) in [4.78, 5) is 15.5. The number of pyridine rings is 1. The first-order chi connectivity index (χ1) is 8.08. The Morgan fingerprint density at radius 2 is 2.29 bits per heavy atom. The van der Waals surface area contributed by atoms with Gasteiger partial charge in [-0.1, -0.05) is 13.8 Å². The summed E-state index contributed by atoms with van der Waals surface area (Å²) >= 11 is 0. The second-order valence-electron chi connectivity index (χ2n) is 4.81. The van der Waals surface area contributed by atoms with Crippen molar-refractivity contribution in [1.82, 2.24) is 4.98 Å². The van der Waals surface area contributed by atoms with Crippen LogP contribution in [0.5, 0.6) is 5.88 Å². The van der Waals surface area contributed by atoms with Gasteiger partial charge in [-0.15, -0.1) is 0 Å². The third-order valence-electron chi connectivity index (χ3n) is 2.80. The lowest BCUT2D eigenvalue weighted by Crippen LogP contribution is -2.11. The highest BCUT2D eigenvalue weighted by molar-refractivity contribution is 5.90. The number of ether oxygens (including phenoxy) is 1. The Morgan fingerprint density at radius 1 is 1.53 bits per heavy atom. The summed E-state index contributed by atoms with van der Waals surface area (Å²) in [5.74, 6) is -0.343.